The van der Waals surface area contributed by atoms with Crippen LogP contribution in [0.15, 0.2) is 47.3 Å². The van der Waals surface area contributed by atoms with Crippen LogP contribution in [-0.2, 0) is 4.79 Å². The molecule has 118 valence electrons. The van der Waals surface area contributed by atoms with Crippen molar-refractivity contribution in [3.8, 4) is 5.69 Å². The van der Waals surface area contributed by atoms with Crippen LogP contribution in [-0.4, -0.2) is 27.8 Å². The van der Waals surface area contributed by atoms with E-state index in [4.69, 9.17) is 0 Å². The summed E-state index contributed by atoms with van der Waals surface area (Å²) in [5, 5.41) is 13.5. The van der Waals surface area contributed by atoms with E-state index < -0.39 is 5.97 Å². The monoisotopic (exact) mass is 343 g/mol. The van der Waals surface area contributed by atoms with E-state index >= 15 is 0 Å². The number of aliphatic carboxylic acids is 1. The van der Waals surface area contributed by atoms with E-state index in [2.05, 4.69) is 10.3 Å². The van der Waals surface area contributed by atoms with E-state index in [1.165, 1.54) is 10.6 Å². The molecule has 0 saturated carbocycles. The molecule has 0 bridgehead atoms. The maximum atomic E-state index is 12.8. The smallest absolute Gasteiger partial charge is 0.548 e. The molecule has 0 aliphatic carbocycles. The maximum absolute atomic E-state index is 12.8. The van der Waals surface area contributed by atoms with Crippen LogP contribution in [0.2, 0.25) is 0 Å². The van der Waals surface area contributed by atoms with Gasteiger partial charge in [0.1, 0.15) is 0 Å². The topological polar surface area (TPSA) is 104 Å². The Balaban J connectivity index is 0.00000182. The molecule has 0 atom stereocenters. The molecule has 0 fully saturated rings. The van der Waals surface area contributed by atoms with Crippen LogP contribution in [0.5, 0.6) is 0 Å². The Morgan fingerprint density at radius 3 is 2.68 bits per heavy atom. The van der Waals surface area contributed by atoms with Crippen molar-refractivity contribution in [1.29, 1.82) is 0 Å². The third-order valence-electron chi connectivity index (χ3n) is 3.90. The molecule has 0 spiro atoms. The van der Waals surface area contributed by atoms with Gasteiger partial charge in [0.15, 0.2) is 5.82 Å². The van der Waals surface area contributed by atoms with E-state index in [-0.39, 0.29) is 53.3 Å². The molecule has 1 aromatic heterocycles. The Kier molecular flexibility index (Phi) is 4.47. The number of para-hydroxylation sites is 1. The van der Waals surface area contributed by atoms with Crippen LogP contribution in [0.1, 0.15) is 16.2 Å². The second-order valence-corrected chi connectivity index (χ2v) is 5.38. The second kappa shape index (κ2) is 6.44. The van der Waals surface area contributed by atoms with Crippen molar-refractivity contribution < 1.29 is 44.3 Å². The zero-order valence-electron chi connectivity index (χ0n) is 13.3. The Bertz CT molecular complexity index is 1090. The number of nitrogens with zero attached hydrogens (tertiary/aromatic N) is 2. The number of fused-ring (bicyclic) bond motifs is 4. The minimum absolute atomic E-state index is 0. The standard InChI is InChI=1S/C17H11N3O4.Na/c21-14(22)8-18-9-5-6-12-11(7-9)17(24)20-13-4-2-1-3-10(13)15(23)16(20)19-12;/h1-7,18H,8H2,(H,21,22);/q;+1/p-1. The molecule has 4 rings (SSSR count). The Morgan fingerprint density at radius 1 is 1.16 bits per heavy atom. The average Bonchev–Trinajstić information content (AvgIpc) is 2.87. The fraction of sp³-hybridized carbons (Fsp3) is 0.0588. The summed E-state index contributed by atoms with van der Waals surface area (Å²) in [6, 6.07) is 11.5. The number of aromatic nitrogens is 2. The molecule has 0 saturated heterocycles. The van der Waals surface area contributed by atoms with Gasteiger partial charge in [-0.3, -0.25) is 14.2 Å². The molecule has 7 nitrogen and oxygen atoms in total. The fourth-order valence-electron chi connectivity index (χ4n) is 2.83. The summed E-state index contributed by atoms with van der Waals surface area (Å²) in [5.41, 5.74) is 1.42. The van der Waals surface area contributed by atoms with Crippen molar-refractivity contribution in [2.45, 2.75) is 0 Å². The summed E-state index contributed by atoms with van der Waals surface area (Å²) < 4.78 is 1.29. The van der Waals surface area contributed by atoms with Gasteiger partial charge < -0.3 is 15.2 Å². The number of anilines is 1. The molecule has 0 amide bonds. The van der Waals surface area contributed by atoms with Crippen molar-refractivity contribution in [2.24, 2.45) is 0 Å². The molecule has 1 aliphatic rings. The summed E-state index contributed by atoms with van der Waals surface area (Å²) in [6.07, 6.45) is 0. The Hall–Kier alpha value is -2.48. The molecule has 3 aromatic rings. The van der Waals surface area contributed by atoms with Gasteiger partial charge in [0.25, 0.3) is 5.56 Å². The number of benzene rings is 2. The SMILES string of the molecule is O=C([O-])CNc1ccc2nc3n(c(=O)c2c1)-c1ccccc1C3=O.[Na+]. The molecule has 1 aliphatic heterocycles. The summed E-state index contributed by atoms with van der Waals surface area (Å²) in [4.78, 5) is 40.1. The molecule has 1 N–H and O–H groups in total. The number of rotatable bonds is 3. The molecule has 2 aromatic carbocycles. The second-order valence-electron chi connectivity index (χ2n) is 5.38. The number of hydrogen-bond donors (Lipinski definition) is 1. The van der Waals surface area contributed by atoms with Gasteiger partial charge in [0.2, 0.25) is 5.78 Å². The van der Waals surface area contributed by atoms with E-state index in [1.807, 2.05) is 0 Å². The number of nitrogens with one attached hydrogen (secondary N) is 1. The largest absolute Gasteiger partial charge is 1.00 e. The van der Waals surface area contributed by atoms with E-state index in [9.17, 15) is 19.5 Å². The molecule has 8 heteroatoms. The third-order valence-corrected chi connectivity index (χ3v) is 3.90. The first-order valence-corrected chi connectivity index (χ1v) is 7.21. The first-order chi connectivity index (χ1) is 11.6. The number of ketones is 1. The number of carbonyl (C=O) groups excluding carboxylic acids is 2. The molecule has 25 heavy (non-hydrogen) atoms. The van der Waals surface area contributed by atoms with Gasteiger partial charge >= 0.3 is 29.6 Å². The molecule has 0 radical (unpaired) electrons. The van der Waals surface area contributed by atoms with E-state index in [1.54, 1.807) is 36.4 Å². The molecular formula is C17H10N3NaO4. The van der Waals surface area contributed by atoms with Crippen molar-refractivity contribution in [3.63, 3.8) is 0 Å². The summed E-state index contributed by atoms with van der Waals surface area (Å²) in [7, 11) is 0. The Morgan fingerprint density at radius 2 is 1.92 bits per heavy atom. The normalized spacial score (nSPS) is 11.6. The fourth-order valence-corrected chi connectivity index (χ4v) is 2.83. The summed E-state index contributed by atoms with van der Waals surface area (Å²) in [5.74, 6) is -1.45. The van der Waals surface area contributed by atoms with Gasteiger partial charge in [-0.15, -0.1) is 0 Å². The van der Waals surface area contributed by atoms with Crippen LogP contribution in [0.25, 0.3) is 16.6 Å². The number of carbonyl (C=O) groups is 2. The predicted octanol–water partition coefficient (Wildman–Crippen LogP) is -2.90. The first-order valence-electron chi connectivity index (χ1n) is 7.21. The number of hydrogen-bond acceptors (Lipinski definition) is 6. The maximum Gasteiger partial charge on any atom is 1.00 e. The van der Waals surface area contributed by atoms with Gasteiger partial charge in [-0.1, -0.05) is 12.1 Å². The van der Waals surface area contributed by atoms with Crippen molar-refractivity contribution in [3.05, 3.63) is 64.2 Å². The van der Waals surface area contributed by atoms with Gasteiger partial charge in [0, 0.05) is 5.69 Å². The minimum atomic E-state index is -1.25. The molecule has 2 heterocycles. The van der Waals surface area contributed by atoms with E-state index in [0.29, 0.717) is 27.8 Å². The molecular weight excluding hydrogens is 333 g/mol. The van der Waals surface area contributed by atoms with Crippen LogP contribution in [0.3, 0.4) is 0 Å². The van der Waals surface area contributed by atoms with Crippen molar-refractivity contribution in [2.75, 3.05) is 11.9 Å². The number of carboxylic acids is 1. The van der Waals surface area contributed by atoms with E-state index in [0.717, 1.165) is 0 Å². The van der Waals surface area contributed by atoms with Gasteiger partial charge in [-0.2, -0.15) is 0 Å². The van der Waals surface area contributed by atoms with Crippen molar-refractivity contribution >= 4 is 28.3 Å². The zero-order valence-corrected chi connectivity index (χ0v) is 15.3. The molecule has 0 unspecified atom stereocenters. The zero-order chi connectivity index (χ0) is 16.8. The minimum Gasteiger partial charge on any atom is -0.548 e. The first kappa shape index (κ1) is 17.3. The summed E-state index contributed by atoms with van der Waals surface area (Å²) in [6.45, 7) is -0.369. The predicted molar refractivity (Wildman–Crippen MR) is 84.3 cm³/mol. The number of carboxylic acid groups (broad SMARTS) is 1. The third kappa shape index (κ3) is 2.76. The van der Waals surface area contributed by atoms with Gasteiger partial charge in [0.05, 0.1) is 34.7 Å². The Labute approximate surface area is 163 Å². The van der Waals surface area contributed by atoms with Crippen molar-refractivity contribution in [1.82, 2.24) is 9.55 Å². The average molecular weight is 343 g/mol. The van der Waals surface area contributed by atoms with Gasteiger partial charge in [-0.05, 0) is 30.3 Å². The quantitative estimate of drug-likeness (QED) is 0.400. The summed E-state index contributed by atoms with van der Waals surface area (Å²) >= 11 is 0. The van der Waals surface area contributed by atoms with Crippen LogP contribution in [0, 0.1) is 0 Å². The van der Waals surface area contributed by atoms with Crippen LogP contribution in [0.4, 0.5) is 5.69 Å². The van der Waals surface area contributed by atoms with Crippen LogP contribution < -0.4 is 45.5 Å². The van der Waals surface area contributed by atoms with Crippen LogP contribution >= 0.6 is 0 Å². The van der Waals surface area contributed by atoms with Gasteiger partial charge in [-0.25, -0.2) is 4.98 Å².